The molecular weight excluding hydrogens is 513 g/mol. The number of pyridine rings is 1. The molecule has 2 aromatic heterocycles. The maximum atomic E-state index is 14.7. The second kappa shape index (κ2) is 10.1. The van der Waals surface area contributed by atoms with Gasteiger partial charge in [-0.2, -0.15) is 5.10 Å². The maximum absolute atomic E-state index is 14.7. The minimum Gasteiger partial charge on any atom is -0.481 e. The molecule has 2 aromatic carbocycles. The zero-order valence-electron chi connectivity index (χ0n) is 20.1. The number of hydrazone groups is 1. The number of nitrogens with zero attached hydrogens (tertiary/aromatic N) is 4. The Kier molecular flexibility index (Phi) is 6.73. The van der Waals surface area contributed by atoms with Gasteiger partial charge in [-0.1, -0.05) is 53.6 Å². The SMILES string of the molecule is Cc1ccc([C@@H]2CC(c3c(-c4ccc(Cl)cc4)c4cncnc4[nH]c3=O)=NN2C(=O)C(F)CC(=O)O)cc1. The monoisotopic (exact) mass is 533 g/mol. The third-order valence-corrected chi connectivity index (χ3v) is 6.58. The number of H-pyrrole nitrogens is 1. The Morgan fingerprint density at radius 3 is 2.55 bits per heavy atom. The summed E-state index contributed by atoms with van der Waals surface area (Å²) in [7, 11) is 0. The number of fused-ring (bicyclic) bond motifs is 1. The molecule has 0 fully saturated rings. The first-order chi connectivity index (χ1) is 18.2. The first-order valence-electron chi connectivity index (χ1n) is 11.7. The number of hydrogen-bond acceptors (Lipinski definition) is 6. The van der Waals surface area contributed by atoms with Crippen molar-refractivity contribution in [1.82, 2.24) is 20.0 Å². The first kappa shape index (κ1) is 25.2. The number of aryl methyl sites for hydroxylation is 1. The molecule has 0 radical (unpaired) electrons. The van der Waals surface area contributed by atoms with Crippen molar-refractivity contribution < 1.29 is 19.1 Å². The molecule has 1 aliphatic heterocycles. The quantitative estimate of drug-likeness (QED) is 0.377. The summed E-state index contributed by atoms with van der Waals surface area (Å²) in [5.41, 5.74) is 3.00. The fourth-order valence-electron chi connectivity index (χ4n) is 4.52. The lowest BCUT2D eigenvalue weighted by Crippen LogP contribution is -2.35. The van der Waals surface area contributed by atoms with Gasteiger partial charge in [0.15, 0.2) is 6.17 Å². The summed E-state index contributed by atoms with van der Waals surface area (Å²) in [6, 6.07) is 13.4. The summed E-state index contributed by atoms with van der Waals surface area (Å²) < 4.78 is 14.7. The highest BCUT2D eigenvalue weighted by Crippen LogP contribution is 2.37. The van der Waals surface area contributed by atoms with Crippen molar-refractivity contribution in [3.8, 4) is 11.1 Å². The Hall–Kier alpha value is -4.44. The van der Waals surface area contributed by atoms with Gasteiger partial charge in [-0.05, 0) is 30.2 Å². The van der Waals surface area contributed by atoms with E-state index in [1.165, 1.54) is 6.33 Å². The number of benzene rings is 2. The Bertz CT molecular complexity index is 1640. The van der Waals surface area contributed by atoms with Gasteiger partial charge in [-0.3, -0.25) is 14.4 Å². The van der Waals surface area contributed by atoms with Gasteiger partial charge in [0.05, 0.1) is 23.7 Å². The van der Waals surface area contributed by atoms with Crippen LogP contribution in [0, 0.1) is 6.92 Å². The van der Waals surface area contributed by atoms with Crippen molar-refractivity contribution >= 4 is 40.2 Å². The van der Waals surface area contributed by atoms with Crippen LogP contribution in [0.5, 0.6) is 0 Å². The van der Waals surface area contributed by atoms with E-state index in [0.29, 0.717) is 32.7 Å². The highest BCUT2D eigenvalue weighted by Gasteiger charge is 2.39. The molecule has 9 nitrogen and oxygen atoms in total. The van der Waals surface area contributed by atoms with Crippen molar-refractivity contribution in [2.45, 2.75) is 32.0 Å². The van der Waals surface area contributed by atoms with E-state index in [0.717, 1.165) is 10.6 Å². The van der Waals surface area contributed by atoms with Crippen LogP contribution in [0.3, 0.4) is 0 Å². The van der Waals surface area contributed by atoms with Gasteiger partial charge in [-0.25, -0.2) is 19.4 Å². The molecule has 192 valence electrons. The fraction of sp³-hybridized carbons (Fsp3) is 0.185. The molecular formula is C27H21ClFN5O4. The summed E-state index contributed by atoms with van der Waals surface area (Å²) in [5, 5.41) is 15.4. The molecule has 1 unspecified atom stereocenters. The van der Waals surface area contributed by atoms with E-state index >= 15 is 0 Å². The molecule has 1 amide bonds. The van der Waals surface area contributed by atoms with Crippen molar-refractivity contribution in [3.63, 3.8) is 0 Å². The molecule has 5 rings (SSSR count). The molecule has 3 heterocycles. The number of halogens is 2. The summed E-state index contributed by atoms with van der Waals surface area (Å²) in [6.07, 6.45) is -0.328. The molecule has 2 N–H and O–H groups in total. The predicted octanol–water partition coefficient (Wildman–Crippen LogP) is 4.44. The second-order valence-corrected chi connectivity index (χ2v) is 9.36. The normalized spacial score (nSPS) is 15.9. The van der Waals surface area contributed by atoms with Crippen LogP contribution in [0.2, 0.25) is 5.02 Å². The summed E-state index contributed by atoms with van der Waals surface area (Å²) in [6.45, 7) is 1.91. The average Bonchev–Trinajstić information content (AvgIpc) is 3.33. The van der Waals surface area contributed by atoms with Gasteiger partial charge in [0.1, 0.15) is 12.0 Å². The largest absolute Gasteiger partial charge is 0.481 e. The minimum atomic E-state index is -2.30. The summed E-state index contributed by atoms with van der Waals surface area (Å²) in [4.78, 5) is 48.6. The highest BCUT2D eigenvalue weighted by molar-refractivity contribution is 6.30. The van der Waals surface area contributed by atoms with Crippen LogP contribution < -0.4 is 5.56 Å². The molecule has 2 atom stereocenters. The Morgan fingerprint density at radius 1 is 1.16 bits per heavy atom. The van der Waals surface area contributed by atoms with Gasteiger partial charge < -0.3 is 10.1 Å². The number of aromatic nitrogens is 3. The van der Waals surface area contributed by atoms with Crippen molar-refractivity contribution in [2.24, 2.45) is 5.10 Å². The van der Waals surface area contributed by atoms with Crippen molar-refractivity contribution in [2.75, 3.05) is 0 Å². The molecule has 11 heteroatoms. The number of carboxylic acid groups (broad SMARTS) is 1. The van der Waals surface area contributed by atoms with E-state index in [1.54, 1.807) is 42.6 Å². The number of alkyl halides is 1. The zero-order valence-corrected chi connectivity index (χ0v) is 20.8. The molecule has 0 aliphatic carbocycles. The van der Waals surface area contributed by atoms with E-state index < -0.39 is 36.1 Å². The van der Waals surface area contributed by atoms with E-state index in [9.17, 15) is 18.8 Å². The third kappa shape index (κ3) is 4.78. The standard InChI is InChI=1S/C27H21ClFN5O4/c1-14-2-4-15(5-3-14)21-11-20(33-34(21)27(38)19(29)10-22(35)36)24-23(16-6-8-17(28)9-7-16)18-12-30-13-31-25(18)32-26(24)37/h2-9,12-13,19,21H,10-11H2,1H3,(H,35,36)(H,30,31,32,37)/t19?,21-/m0/s1. The highest BCUT2D eigenvalue weighted by atomic mass is 35.5. The molecule has 0 saturated carbocycles. The number of amides is 1. The van der Waals surface area contributed by atoms with Gasteiger partial charge in [0.2, 0.25) is 0 Å². The zero-order chi connectivity index (χ0) is 27.0. The predicted molar refractivity (Wildman–Crippen MR) is 140 cm³/mol. The van der Waals surface area contributed by atoms with Crippen LogP contribution in [0.15, 0.2) is 71.0 Å². The number of aromatic amines is 1. The Morgan fingerprint density at radius 2 is 1.87 bits per heavy atom. The second-order valence-electron chi connectivity index (χ2n) is 8.92. The van der Waals surface area contributed by atoms with Crippen LogP contribution in [0.4, 0.5) is 4.39 Å². The number of aliphatic carboxylic acids is 1. The van der Waals surface area contributed by atoms with Crippen LogP contribution >= 0.6 is 11.6 Å². The average molecular weight is 534 g/mol. The molecule has 0 saturated heterocycles. The van der Waals surface area contributed by atoms with E-state index in [2.05, 4.69) is 20.1 Å². The molecule has 4 aromatic rings. The van der Waals surface area contributed by atoms with Gasteiger partial charge in [-0.15, -0.1) is 0 Å². The van der Waals surface area contributed by atoms with E-state index in [-0.39, 0.29) is 17.7 Å². The molecule has 1 aliphatic rings. The topological polar surface area (TPSA) is 129 Å². The first-order valence-corrected chi connectivity index (χ1v) is 12.1. The number of carbonyl (C=O) groups excluding carboxylic acids is 1. The Balaban J connectivity index is 1.70. The lowest BCUT2D eigenvalue weighted by molar-refractivity contribution is -0.146. The number of carboxylic acids is 1. The molecule has 0 spiro atoms. The van der Waals surface area contributed by atoms with Gasteiger partial charge >= 0.3 is 5.97 Å². The number of nitrogens with one attached hydrogen (secondary N) is 1. The van der Waals surface area contributed by atoms with Crippen LogP contribution in [-0.4, -0.2) is 48.8 Å². The molecule has 0 bridgehead atoms. The maximum Gasteiger partial charge on any atom is 0.306 e. The van der Waals surface area contributed by atoms with Gasteiger partial charge in [0, 0.05) is 28.6 Å². The van der Waals surface area contributed by atoms with Crippen molar-refractivity contribution in [1.29, 1.82) is 0 Å². The van der Waals surface area contributed by atoms with Crippen LogP contribution in [-0.2, 0) is 9.59 Å². The van der Waals surface area contributed by atoms with Crippen molar-refractivity contribution in [3.05, 3.63) is 93.1 Å². The van der Waals surface area contributed by atoms with Gasteiger partial charge in [0.25, 0.3) is 11.5 Å². The van der Waals surface area contributed by atoms with E-state index in [1.807, 2.05) is 19.1 Å². The summed E-state index contributed by atoms with van der Waals surface area (Å²) >= 11 is 6.10. The number of hydrogen-bond donors (Lipinski definition) is 2. The third-order valence-electron chi connectivity index (χ3n) is 6.33. The number of rotatable bonds is 6. The van der Waals surface area contributed by atoms with Crippen LogP contribution in [0.25, 0.3) is 22.2 Å². The van der Waals surface area contributed by atoms with E-state index in [4.69, 9.17) is 16.7 Å². The summed E-state index contributed by atoms with van der Waals surface area (Å²) in [5.74, 6) is -2.54. The lowest BCUT2D eigenvalue weighted by Gasteiger charge is -2.23. The minimum absolute atomic E-state index is 0.0947. The fourth-order valence-corrected chi connectivity index (χ4v) is 4.65. The Labute approximate surface area is 220 Å². The number of carbonyl (C=O) groups is 2. The van der Waals surface area contributed by atoms with Crippen LogP contribution in [0.1, 0.15) is 35.6 Å². The molecule has 38 heavy (non-hydrogen) atoms. The smallest absolute Gasteiger partial charge is 0.306 e. The lowest BCUT2D eigenvalue weighted by atomic mass is 9.92.